The van der Waals surface area contributed by atoms with Crippen LogP contribution in [0.1, 0.15) is 107 Å². The number of fused-ring (bicyclic) bond motifs is 5. The van der Waals surface area contributed by atoms with Crippen LogP contribution in [0.15, 0.2) is 103 Å². The van der Waals surface area contributed by atoms with Gasteiger partial charge < -0.3 is 4.90 Å². The lowest BCUT2D eigenvalue weighted by Gasteiger charge is -2.40. The SMILES string of the molecule is C=C1CC(CC)CC(C)(c2ccc(N(c3ccc(C4CC5CCC4C5)cc3)c3cccc4c3C(C)(C)c3ccccc3-4)cc2)C1. The summed E-state index contributed by atoms with van der Waals surface area (Å²) in [5.41, 5.74) is 13.8. The molecule has 0 saturated heterocycles. The smallest absolute Gasteiger partial charge is 0.0508 e. The van der Waals surface area contributed by atoms with Gasteiger partial charge in [-0.05, 0) is 131 Å². The molecule has 4 aliphatic rings. The molecule has 1 heteroatoms. The first-order chi connectivity index (χ1) is 21.7. The molecular weight excluding hydrogens is 542 g/mol. The third-order valence-electron chi connectivity index (χ3n) is 12.5. The Kier molecular flexibility index (Phi) is 6.90. The highest BCUT2D eigenvalue weighted by Gasteiger charge is 2.41. The van der Waals surface area contributed by atoms with Gasteiger partial charge in [-0.1, -0.05) is 113 Å². The van der Waals surface area contributed by atoms with Crippen LogP contribution in [0.25, 0.3) is 11.1 Å². The number of hydrogen-bond donors (Lipinski definition) is 0. The van der Waals surface area contributed by atoms with Gasteiger partial charge >= 0.3 is 0 Å². The average molecular weight is 592 g/mol. The molecule has 0 radical (unpaired) electrons. The topological polar surface area (TPSA) is 3.24 Å². The first-order valence-electron chi connectivity index (χ1n) is 17.7. The molecule has 0 aliphatic heterocycles. The lowest BCUT2D eigenvalue weighted by molar-refractivity contribution is 0.281. The number of allylic oxidation sites excluding steroid dienone is 1. The fourth-order valence-electron chi connectivity index (χ4n) is 10.3. The largest absolute Gasteiger partial charge is 0.310 e. The van der Waals surface area contributed by atoms with Crippen molar-refractivity contribution in [1.82, 2.24) is 0 Å². The second-order valence-electron chi connectivity index (χ2n) is 15.8. The Hall–Kier alpha value is -3.58. The van der Waals surface area contributed by atoms with Crippen LogP contribution >= 0.6 is 0 Å². The van der Waals surface area contributed by atoms with Crippen LogP contribution < -0.4 is 4.90 Å². The van der Waals surface area contributed by atoms with Crippen LogP contribution in [-0.2, 0) is 10.8 Å². The van der Waals surface area contributed by atoms with Crippen molar-refractivity contribution in [2.45, 2.75) is 95.8 Å². The van der Waals surface area contributed by atoms with Gasteiger partial charge in [-0.25, -0.2) is 0 Å². The second-order valence-corrected chi connectivity index (χ2v) is 15.8. The Morgan fingerprint density at radius 2 is 1.49 bits per heavy atom. The standard InChI is InChI=1S/C44H49N/c1-6-30-24-29(2)27-44(5,28-30)34-18-22-36(23-19-34)45(35-20-16-32(17-21-35)39-26-31-14-15-33(39)25-31)41-13-9-11-38-37-10-7-8-12-40(37)43(3,4)42(38)41/h7-13,16-23,30-31,33,39H,2,6,14-15,24-28H2,1,3-5H3. The Labute approximate surface area is 271 Å². The lowest BCUT2D eigenvalue weighted by atomic mass is 9.65. The van der Waals surface area contributed by atoms with Gasteiger partial charge in [-0.2, -0.15) is 0 Å². The molecular formula is C44H49N. The van der Waals surface area contributed by atoms with E-state index in [4.69, 9.17) is 0 Å². The molecule has 0 N–H and O–H groups in total. The third kappa shape index (κ3) is 4.72. The Morgan fingerprint density at radius 1 is 0.778 bits per heavy atom. The van der Waals surface area contributed by atoms with Crippen molar-refractivity contribution in [3.05, 3.63) is 125 Å². The van der Waals surface area contributed by atoms with E-state index < -0.39 is 0 Å². The van der Waals surface area contributed by atoms with E-state index in [0.29, 0.717) is 0 Å². The van der Waals surface area contributed by atoms with E-state index in [9.17, 15) is 0 Å². The zero-order valence-electron chi connectivity index (χ0n) is 27.8. The minimum absolute atomic E-state index is 0.0885. The van der Waals surface area contributed by atoms with Crippen LogP contribution in [0.2, 0.25) is 0 Å². The summed E-state index contributed by atoms with van der Waals surface area (Å²) in [6.45, 7) is 14.1. The number of benzene rings is 4. The first-order valence-corrected chi connectivity index (χ1v) is 17.7. The zero-order chi connectivity index (χ0) is 30.9. The summed E-state index contributed by atoms with van der Waals surface area (Å²) in [6, 6.07) is 35.3. The molecule has 4 aliphatic carbocycles. The quantitative estimate of drug-likeness (QED) is 0.202. The molecule has 230 valence electrons. The van der Waals surface area contributed by atoms with E-state index in [1.165, 1.54) is 95.4 Å². The van der Waals surface area contributed by atoms with E-state index in [2.05, 4.69) is 130 Å². The molecule has 5 atom stereocenters. The third-order valence-corrected chi connectivity index (χ3v) is 12.5. The summed E-state index contributed by atoms with van der Waals surface area (Å²) >= 11 is 0. The van der Waals surface area contributed by atoms with E-state index in [0.717, 1.165) is 30.1 Å². The maximum Gasteiger partial charge on any atom is 0.0508 e. The monoisotopic (exact) mass is 591 g/mol. The maximum atomic E-state index is 4.46. The van der Waals surface area contributed by atoms with Crippen LogP contribution in [0.3, 0.4) is 0 Å². The molecule has 0 heterocycles. The van der Waals surface area contributed by atoms with Crippen molar-refractivity contribution in [2.24, 2.45) is 17.8 Å². The van der Waals surface area contributed by atoms with Crippen LogP contribution in [0, 0.1) is 17.8 Å². The van der Waals surface area contributed by atoms with Crippen molar-refractivity contribution in [1.29, 1.82) is 0 Å². The Balaban J connectivity index is 1.22. The second kappa shape index (κ2) is 10.8. The van der Waals surface area contributed by atoms with Gasteiger partial charge in [0, 0.05) is 16.8 Å². The molecule has 8 rings (SSSR count). The zero-order valence-corrected chi connectivity index (χ0v) is 27.8. The van der Waals surface area contributed by atoms with E-state index in [1.807, 2.05) is 0 Å². The minimum atomic E-state index is -0.0885. The summed E-state index contributed by atoms with van der Waals surface area (Å²) < 4.78 is 0. The van der Waals surface area contributed by atoms with Crippen molar-refractivity contribution < 1.29 is 0 Å². The predicted molar refractivity (Wildman–Crippen MR) is 191 cm³/mol. The summed E-state index contributed by atoms with van der Waals surface area (Å²) in [5, 5.41) is 0. The summed E-state index contributed by atoms with van der Waals surface area (Å²) in [6.07, 6.45) is 10.5. The van der Waals surface area contributed by atoms with Crippen molar-refractivity contribution in [3.8, 4) is 11.1 Å². The molecule has 0 amide bonds. The fraction of sp³-hybridized carbons (Fsp3) is 0.409. The van der Waals surface area contributed by atoms with Gasteiger partial charge in [0.25, 0.3) is 0 Å². The van der Waals surface area contributed by atoms with Crippen molar-refractivity contribution in [3.63, 3.8) is 0 Å². The van der Waals surface area contributed by atoms with Crippen LogP contribution in [0.4, 0.5) is 17.1 Å². The molecule has 4 aromatic carbocycles. The van der Waals surface area contributed by atoms with Gasteiger partial charge in [-0.15, -0.1) is 0 Å². The van der Waals surface area contributed by atoms with Crippen LogP contribution in [-0.4, -0.2) is 0 Å². The van der Waals surface area contributed by atoms with E-state index in [1.54, 1.807) is 5.56 Å². The number of anilines is 3. The number of nitrogens with zero attached hydrogens (tertiary/aromatic N) is 1. The van der Waals surface area contributed by atoms with Gasteiger partial charge in [0.05, 0.1) is 5.69 Å². The van der Waals surface area contributed by atoms with Gasteiger partial charge in [-0.3, -0.25) is 0 Å². The fourth-order valence-corrected chi connectivity index (χ4v) is 10.3. The van der Waals surface area contributed by atoms with Crippen molar-refractivity contribution in [2.75, 3.05) is 4.90 Å². The van der Waals surface area contributed by atoms with E-state index >= 15 is 0 Å². The molecule has 0 spiro atoms. The minimum Gasteiger partial charge on any atom is -0.310 e. The molecule has 2 bridgehead atoms. The highest BCUT2D eigenvalue weighted by molar-refractivity contribution is 5.90. The Bertz CT molecular complexity index is 1740. The summed E-state index contributed by atoms with van der Waals surface area (Å²) in [7, 11) is 0. The molecule has 0 aromatic heterocycles. The average Bonchev–Trinajstić information content (AvgIpc) is 3.75. The number of hydrogen-bond acceptors (Lipinski definition) is 1. The summed E-state index contributed by atoms with van der Waals surface area (Å²) in [4.78, 5) is 2.54. The van der Waals surface area contributed by atoms with Crippen LogP contribution in [0.5, 0.6) is 0 Å². The molecule has 1 nitrogen and oxygen atoms in total. The normalized spacial score (nSPS) is 27.8. The van der Waals surface area contributed by atoms with Crippen molar-refractivity contribution >= 4 is 17.1 Å². The summed E-state index contributed by atoms with van der Waals surface area (Å²) in [5.74, 6) is 3.33. The first kappa shape index (κ1) is 28.9. The maximum absolute atomic E-state index is 4.46. The molecule has 3 saturated carbocycles. The Morgan fingerprint density at radius 3 is 2.18 bits per heavy atom. The molecule has 45 heavy (non-hydrogen) atoms. The van der Waals surface area contributed by atoms with Gasteiger partial charge in [0.15, 0.2) is 0 Å². The molecule has 5 unspecified atom stereocenters. The number of rotatable bonds is 6. The molecule has 3 fully saturated rings. The predicted octanol–water partition coefficient (Wildman–Crippen LogP) is 12.4. The van der Waals surface area contributed by atoms with Gasteiger partial charge in [0.2, 0.25) is 0 Å². The lowest BCUT2D eigenvalue weighted by Crippen LogP contribution is -2.30. The molecule has 4 aromatic rings. The highest BCUT2D eigenvalue weighted by Crippen LogP contribution is 2.56. The van der Waals surface area contributed by atoms with Gasteiger partial charge in [0.1, 0.15) is 0 Å². The highest BCUT2D eigenvalue weighted by atomic mass is 15.1. The van der Waals surface area contributed by atoms with E-state index in [-0.39, 0.29) is 10.8 Å².